The van der Waals surface area contributed by atoms with Gasteiger partial charge in [0.2, 0.25) is 5.95 Å². The molecule has 4 rings (SSSR count). The average Bonchev–Trinajstić information content (AvgIpc) is 3.21. The number of aliphatic hydroxyl groups is 1. The molecule has 0 aliphatic heterocycles. The molecule has 0 bridgehead atoms. The molecule has 0 unspecified atom stereocenters. The van der Waals surface area contributed by atoms with Gasteiger partial charge in [-0.05, 0) is 69.0 Å². The fourth-order valence-electron chi connectivity index (χ4n) is 4.25. The zero-order valence-corrected chi connectivity index (χ0v) is 21.0. The van der Waals surface area contributed by atoms with Crippen LogP contribution in [0.4, 0.5) is 4.39 Å². The summed E-state index contributed by atoms with van der Waals surface area (Å²) in [4.78, 5) is 17.5. The Labute approximate surface area is 215 Å². The lowest BCUT2D eigenvalue weighted by Crippen LogP contribution is -2.37. The third-order valence-electron chi connectivity index (χ3n) is 6.04. The van der Waals surface area contributed by atoms with Crippen molar-refractivity contribution in [1.29, 1.82) is 5.26 Å². The number of nitrogens with zero attached hydrogens (tertiary/aromatic N) is 3. The van der Waals surface area contributed by atoms with E-state index in [0.29, 0.717) is 29.8 Å². The number of nitrogens with one attached hydrogen (secondary N) is 1. The minimum absolute atomic E-state index is 0.0557. The summed E-state index contributed by atoms with van der Waals surface area (Å²) in [5.41, 5.74) is 3.74. The van der Waals surface area contributed by atoms with E-state index in [1.165, 1.54) is 4.40 Å². The van der Waals surface area contributed by atoms with Crippen LogP contribution in [0.1, 0.15) is 47.3 Å². The zero-order valence-electron chi connectivity index (χ0n) is 21.0. The molecule has 7 nitrogen and oxygen atoms in total. The Kier molecular flexibility index (Phi) is 7.85. The number of pyridine rings is 1. The molecule has 0 radical (unpaired) electrons. The highest BCUT2D eigenvalue weighted by Crippen LogP contribution is 2.25. The van der Waals surface area contributed by atoms with Crippen molar-refractivity contribution < 1.29 is 19.0 Å². The van der Waals surface area contributed by atoms with E-state index in [4.69, 9.17) is 4.74 Å². The molecule has 37 heavy (non-hydrogen) atoms. The fourth-order valence-corrected chi connectivity index (χ4v) is 4.25. The maximum absolute atomic E-state index is 15.0. The van der Waals surface area contributed by atoms with Crippen LogP contribution in [0.15, 0.2) is 60.8 Å². The molecule has 1 amide bonds. The van der Waals surface area contributed by atoms with Gasteiger partial charge in [-0.2, -0.15) is 9.65 Å². The Balaban J connectivity index is 1.50. The van der Waals surface area contributed by atoms with Gasteiger partial charge in [0.25, 0.3) is 5.91 Å². The van der Waals surface area contributed by atoms with Gasteiger partial charge in [0.05, 0.1) is 17.2 Å². The first-order valence-corrected chi connectivity index (χ1v) is 12.2. The van der Waals surface area contributed by atoms with E-state index >= 15 is 0 Å². The number of rotatable bonds is 9. The molecule has 8 heteroatoms. The van der Waals surface area contributed by atoms with Crippen LogP contribution in [-0.2, 0) is 6.42 Å². The second kappa shape index (κ2) is 11.2. The van der Waals surface area contributed by atoms with Crippen LogP contribution in [0.25, 0.3) is 16.9 Å². The van der Waals surface area contributed by atoms with Crippen molar-refractivity contribution >= 4 is 11.6 Å². The number of ether oxygens (including phenoxy) is 1. The lowest BCUT2D eigenvalue weighted by molar-refractivity contribution is 0.0930. The van der Waals surface area contributed by atoms with Crippen molar-refractivity contribution in [2.75, 3.05) is 6.61 Å². The van der Waals surface area contributed by atoms with Gasteiger partial charge in [-0.25, -0.2) is 4.98 Å². The maximum Gasteiger partial charge on any atom is 0.252 e. The maximum atomic E-state index is 15.0. The number of amides is 1. The SMILES string of the molecule is Cc1cccn2c(F)c(-c3ccc(C[C@@H](CCO)NC(=O)c4ccc(OC(C)C)cc4C#N)cc3)nc12. The quantitative estimate of drug-likeness (QED) is 0.343. The van der Waals surface area contributed by atoms with Crippen LogP contribution in [0, 0.1) is 24.2 Å². The average molecular weight is 501 g/mol. The molecule has 0 saturated heterocycles. The number of aromatic nitrogens is 2. The van der Waals surface area contributed by atoms with Gasteiger partial charge >= 0.3 is 0 Å². The number of fused-ring (bicyclic) bond motifs is 1. The van der Waals surface area contributed by atoms with Gasteiger partial charge in [-0.1, -0.05) is 30.3 Å². The number of benzene rings is 2. The summed E-state index contributed by atoms with van der Waals surface area (Å²) in [6.07, 6.45) is 2.38. The third kappa shape index (κ3) is 5.79. The van der Waals surface area contributed by atoms with Gasteiger partial charge < -0.3 is 15.2 Å². The molecule has 0 spiro atoms. The van der Waals surface area contributed by atoms with E-state index < -0.39 is 11.9 Å². The Bertz CT molecular complexity index is 1450. The van der Waals surface area contributed by atoms with Crippen molar-refractivity contribution in [1.82, 2.24) is 14.7 Å². The van der Waals surface area contributed by atoms with Crippen LogP contribution < -0.4 is 10.1 Å². The van der Waals surface area contributed by atoms with Crippen LogP contribution in [0.3, 0.4) is 0 Å². The van der Waals surface area contributed by atoms with Crippen molar-refractivity contribution in [3.63, 3.8) is 0 Å². The summed E-state index contributed by atoms with van der Waals surface area (Å²) in [5.74, 6) is -0.299. The van der Waals surface area contributed by atoms with Crippen LogP contribution >= 0.6 is 0 Å². The normalized spacial score (nSPS) is 11.9. The molecule has 1 atom stereocenters. The van der Waals surface area contributed by atoms with Gasteiger partial charge in [0.1, 0.15) is 23.2 Å². The highest BCUT2D eigenvalue weighted by atomic mass is 19.1. The summed E-state index contributed by atoms with van der Waals surface area (Å²) in [6.45, 7) is 5.54. The lowest BCUT2D eigenvalue weighted by atomic mass is 10.0. The molecule has 4 aromatic rings. The summed E-state index contributed by atoms with van der Waals surface area (Å²) in [6, 6.07) is 17.5. The molecule has 2 N–H and O–H groups in total. The summed E-state index contributed by atoms with van der Waals surface area (Å²) in [5, 5.41) is 22.0. The Morgan fingerprint density at radius 3 is 2.62 bits per heavy atom. The smallest absolute Gasteiger partial charge is 0.252 e. The van der Waals surface area contributed by atoms with Crippen LogP contribution in [0.5, 0.6) is 5.75 Å². The minimum Gasteiger partial charge on any atom is -0.491 e. The summed E-state index contributed by atoms with van der Waals surface area (Å²) < 4.78 is 22.0. The number of nitriles is 1. The van der Waals surface area contributed by atoms with Crippen molar-refractivity contribution in [3.05, 3.63) is 89.0 Å². The molecule has 0 aliphatic rings. The first-order valence-electron chi connectivity index (χ1n) is 12.2. The van der Waals surface area contributed by atoms with Gasteiger partial charge in [-0.15, -0.1) is 0 Å². The second-order valence-electron chi connectivity index (χ2n) is 9.21. The highest BCUT2D eigenvalue weighted by Gasteiger charge is 2.19. The number of hydrogen-bond donors (Lipinski definition) is 2. The molecule has 2 aromatic carbocycles. The Morgan fingerprint density at radius 1 is 1.22 bits per heavy atom. The highest BCUT2D eigenvalue weighted by molar-refractivity contribution is 5.97. The fraction of sp³-hybridized carbons (Fsp3) is 0.276. The van der Waals surface area contributed by atoms with Gasteiger partial charge in [-0.3, -0.25) is 9.20 Å². The number of carbonyl (C=O) groups is 1. The monoisotopic (exact) mass is 500 g/mol. The van der Waals surface area contributed by atoms with E-state index in [9.17, 15) is 19.6 Å². The van der Waals surface area contributed by atoms with E-state index in [2.05, 4.69) is 16.4 Å². The van der Waals surface area contributed by atoms with Gasteiger partial charge in [0, 0.05) is 24.4 Å². The van der Waals surface area contributed by atoms with Crippen LogP contribution in [0.2, 0.25) is 0 Å². The topological polar surface area (TPSA) is 99.6 Å². The molecular formula is C29H29FN4O3. The third-order valence-corrected chi connectivity index (χ3v) is 6.04. The molecule has 0 fully saturated rings. The predicted molar refractivity (Wildman–Crippen MR) is 139 cm³/mol. The largest absolute Gasteiger partial charge is 0.491 e. The zero-order chi connectivity index (χ0) is 26.5. The van der Waals surface area contributed by atoms with Crippen molar-refractivity contribution in [2.45, 2.75) is 45.8 Å². The number of aliphatic hydroxyl groups excluding tert-OH is 1. The van der Waals surface area contributed by atoms with Crippen LogP contribution in [-0.4, -0.2) is 39.2 Å². The van der Waals surface area contributed by atoms with E-state index in [1.54, 1.807) is 42.6 Å². The molecule has 0 saturated carbocycles. The molecular weight excluding hydrogens is 471 g/mol. The standard InChI is InChI=1S/C29H29FN4O3/c1-18(2)37-24-10-11-25(22(16-24)17-31)29(36)32-23(12-14-35)15-20-6-8-21(9-7-20)26-27(30)34-13-4-5-19(3)28(34)33-26/h4-11,13,16,18,23,35H,12,14-15H2,1-3H3,(H,32,36)/t23-/m1/s1. The molecule has 190 valence electrons. The minimum atomic E-state index is -0.421. The number of imidazole rings is 1. The number of halogens is 1. The molecule has 0 aliphatic carbocycles. The second-order valence-corrected chi connectivity index (χ2v) is 9.21. The molecule has 2 aromatic heterocycles. The Hall–Kier alpha value is -4.22. The number of hydrogen-bond acceptors (Lipinski definition) is 5. The summed E-state index contributed by atoms with van der Waals surface area (Å²) >= 11 is 0. The molecule has 2 heterocycles. The number of carbonyl (C=O) groups excluding carboxylic acids is 1. The lowest BCUT2D eigenvalue weighted by Gasteiger charge is -2.19. The predicted octanol–water partition coefficient (Wildman–Crippen LogP) is 4.83. The van der Waals surface area contributed by atoms with Crippen molar-refractivity contribution in [2.24, 2.45) is 0 Å². The summed E-state index contributed by atoms with van der Waals surface area (Å²) in [7, 11) is 0. The van der Waals surface area contributed by atoms with Gasteiger partial charge in [0.15, 0.2) is 0 Å². The number of aryl methyl sites for hydroxylation is 1. The first-order chi connectivity index (χ1) is 17.8. The van der Waals surface area contributed by atoms with E-state index in [1.807, 2.05) is 39.0 Å². The van der Waals surface area contributed by atoms with E-state index in [-0.39, 0.29) is 35.6 Å². The Morgan fingerprint density at radius 2 is 1.97 bits per heavy atom. The van der Waals surface area contributed by atoms with Crippen molar-refractivity contribution in [3.8, 4) is 23.1 Å². The van der Waals surface area contributed by atoms with E-state index in [0.717, 1.165) is 11.1 Å². The first kappa shape index (κ1) is 25.9.